The van der Waals surface area contributed by atoms with Crippen LogP contribution in [-0.2, 0) is 9.47 Å². The highest BCUT2D eigenvalue weighted by Gasteiger charge is 2.27. The Balaban J connectivity index is 1.57. The van der Waals surface area contributed by atoms with Crippen LogP contribution in [0.2, 0.25) is 0 Å². The van der Waals surface area contributed by atoms with Crippen molar-refractivity contribution < 1.29 is 19.4 Å². The number of nitrogens with zero attached hydrogens (tertiary/aromatic N) is 5. The van der Waals surface area contributed by atoms with Crippen LogP contribution in [0, 0.1) is 0 Å². The zero-order chi connectivity index (χ0) is 15.6. The summed E-state index contributed by atoms with van der Waals surface area (Å²) < 4.78 is 12.5. The molecule has 9 heteroatoms. The first-order valence-corrected chi connectivity index (χ1v) is 7.79. The Morgan fingerprint density at radius 2 is 2.09 bits per heavy atom. The highest BCUT2D eigenvalue weighted by atomic mass is 16.8. The van der Waals surface area contributed by atoms with Crippen LogP contribution >= 0.6 is 0 Å². The number of imidazole rings is 1. The van der Waals surface area contributed by atoms with Gasteiger partial charge < -0.3 is 24.3 Å². The van der Waals surface area contributed by atoms with Crippen LogP contribution < -0.4 is 9.74 Å². The number of rotatable bonds is 4. The lowest BCUT2D eigenvalue weighted by Crippen LogP contribution is -2.37. The maximum Gasteiger partial charge on any atom is 0.225 e. The number of ether oxygens (including phenoxy) is 2. The number of hydrogen-bond donors (Lipinski definition) is 1. The molecule has 2 aromatic heterocycles. The molecule has 0 aromatic carbocycles. The van der Waals surface area contributed by atoms with E-state index in [9.17, 15) is 0 Å². The number of aromatic nitrogens is 4. The normalized spacial score (nSPS) is 25.2. The number of fused-ring (bicyclic) bond motifs is 1. The van der Waals surface area contributed by atoms with E-state index in [2.05, 4.69) is 19.9 Å². The Labute approximate surface area is 132 Å². The van der Waals surface area contributed by atoms with Gasteiger partial charge in [0.15, 0.2) is 11.3 Å². The molecule has 0 aliphatic carbocycles. The third-order valence-electron chi connectivity index (χ3n) is 4.10. The standard InChI is InChI=1S/C14H19N5O4/c20-7-10-1-2-11(22-10)23-19-9-17-12-13(15-8-16-14(12)19)18-3-5-21-6-4-18/h8-11,20H,1-7H2/t10-,11+/m0/s1. The summed E-state index contributed by atoms with van der Waals surface area (Å²) in [4.78, 5) is 21.0. The third-order valence-corrected chi connectivity index (χ3v) is 4.10. The molecule has 2 aromatic rings. The van der Waals surface area contributed by atoms with E-state index >= 15 is 0 Å². The smallest absolute Gasteiger partial charge is 0.225 e. The van der Waals surface area contributed by atoms with Crippen molar-refractivity contribution in [3.05, 3.63) is 12.7 Å². The number of morpholine rings is 1. The first kappa shape index (κ1) is 14.6. The van der Waals surface area contributed by atoms with Crippen molar-refractivity contribution >= 4 is 17.0 Å². The summed E-state index contributed by atoms with van der Waals surface area (Å²) in [5, 5.41) is 9.13. The number of hydrogen-bond acceptors (Lipinski definition) is 8. The molecule has 0 spiro atoms. The summed E-state index contributed by atoms with van der Waals surface area (Å²) in [6.07, 6.45) is 4.05. The van der Waals surface area contributed by atoms with E-state index in [1.807, 2.05) is 0 Å². The van der Waals surface area contributed by atoms with E-state index in [0.29, 0.717) is 24.4 Å². The van der Waals surface area contributed by atoms with Crippen LogP contribution in [0.15, 0.2) is 12.7 Å². The fourth-order valence-electron chi connectivity index (χ4n) is 2.90. The Morgan fingerprint density at radius 3 is 2.87 bits per heavy atom. The highest BCUT2D eigenvalue weighted by molar-refractivity contribution is 5.83. The summed E-state index contributed by atoms with van der Waals surface area (Å²) in [7, 11) is 0. The van der Waals surface area contributed by atoms with E-state index in [0.717, 1.165) is 31.7 Å². The van der Waals surface area contributed by atoms with Gasteiger partial charge in [0.1, 0.15) is 12.7 Å². The van der Waals surface area contributed by atoms with Crippen molar-refractivity contribution in [2.24, 2.45) is 0 Å². The molecule has 0 bridgehead atoms. The Morgan fingerprint density at radius 1 is 1.22 bits per heavy atom. The van der Waals surface area contributed by atoms with Crippen molar-refractivity contribution in [3.63, 3.8) is 0 Å². The number of aliphatic hydroxyl groups is 1. The van der Waals surface area contributed by atoms with Gasteiger partial charge in [-0.1, -0.05) is 0 Å². The monoisotopic (exact) mass is 321 g/mol. The minimum atomic E-state index is -0.397. The molecule has 4 heterocycles. The van der Waals surface area contributed by atoms with E-state index in [4.69, 9.17) is 19.4 Å². The molecular weight excluding hydrogens is 302 g/mol. The van der Waals surface area contributed by atoms with Gasteiger partial charge in [-0.3, -0.25) is 0 Å². The van der Waals surface area contributed by atoms with Gasteiger partial charge in [0.05, 0.1) is 25.9 Å². The molecule has 2 aliphatic heterocycles. The van der Waals surface area contributed by atoms with E-state index in [1.54, 1.807) is 6.33 Å². The van der Waals surface area contributed by atoms with Crippen molar-refractivity contribution in [1.82, 2.24) is 19.7 Å². The van der Waals surface area contributed by atoms with Crippen LogP contribution in [0.1, 0.15) is 12.8 Å². The van der Waals surface area contributed by atoms with Crippen LogP contribution in [0.25, 0.3) is 11.2 Å². The quantitative estimate of drug-likeness (QED) is 0.812. The van der Waals surface area contributed by atoms with Gasteiger partial charge in [0, 0.05) is 19.5 Å². The van der Waals surface area contributed by atoms with Crippen molar-refractivity contribution in [2.75, 3.05) is 37.8 Å². The average Bonchev–Trinajstić information content (AvgIpc) is 3.23. The topological polar surface area (TPSA) is 94.8 Å². The Hall–Kier alpha value is -1.97. The molecule has 2 atom stereocenters. The summed E-state index contributed by atoms with van der Waals surface area (Å²) in [5.74, 6) is 0.793. The molecule has 2 saturated heterocycles. The first-order chi connectivity index (χ1) is 11.3. The van der Waals surface area contributed by atoms with Crippen LogP contribution in [0.5, 0.6) is 0 Å². The van der Waals surface area contributed by atoms with Gasteiger partial charge in [-0.2, -0.15) is 0 Å². The molecule has 9 nitrogen and oxygen atoms in total. The number of aliphatic hydroxyl groups excluding tert-OH is 1. The highest BCUT2D eigenvalue weighted by Crippen LogP contribution is 2.23. The molecule has 0 amide bonds. The lowest BCUT2D eigenvalue weighted by Gasteiger charge is -2.27. The zero-order valence-corrected chi connectivity index (χ0v) is 12.7. The molecule has 1 N–H and O–H groups in total. The molecule has 2 fully saturated rings. The van der Waals surface area contributed by atoms with E-state index < -0.39 is 6.29 Å². The summed E-state index contributed by atoms with van der Waals surface area (Å²) in [6, 6.07) is 0. The summed E-state index contributed by atoms with van der Waals surface area (Å²) >= 11 is 0. The second kappa shape index (κ2) is 6.26. The molecule has 124 valence electrons. The largest absolute Gasteiger partial charge is 0.394 e. The van der Waals surface area contributed by atoms with Gasteiger partial charge in [-0.05, 0) is 6.42 Å². The van der Waals surface area contributed by atoms with Crippen LogP contribution in [-0.4, -0.2) is 70.1 Å². The maximum atomic E-state index is 9.13. The van der Waals surface area contributed by atoms with Crippen molar-refractivity contribution in [1.29, 1.82) is 0 Å². The molecule has 0 unspecified atom stereocenters. The maximum absolute atomic E-state index is 9.13. The van der Waals surface area contributed by atoms with Crippen molar-refractivity contribution in [3.8, 4) is 0 Å². The van der Waals surface area contributed by atoms with Crippen LogP contribution in [0.3, 0.4) is 0 Å². The lowest BCUT2D eigenvalue weighted by molar-refractivity contribution is -0.140. The third kappa shape index (κ3) is 2.82. The van der Waals surface area contributed by atoms with Gasteiger partial charge in [0.25, 0.3) is 0 Å². The molecule has 23 heavy (non-hydrogen) atoms. The van der Waals surface area contributed by atoms with E-state index in [-0.39, 0.29) is 12.7 Å². The zero-order valence-electron chi connectivity index (χ0n) is 12.7. The molecule has 2 aliphatic rings. The fourth-order valence-corrected chi connectivity index (χ4v) is 2.90. The van der Waals surface area contributed by atoms with Crippen LogP contribution in [0.4, 0.5) is 5.82 Å². The average molecular weight is 321 g/mol. The van der Waals surface area contributed by atoms with E-state index in [1.165, 1.54) is 11.1 Å². The Bertz CT molecular complexity index is 672. The molecule has 0 saturated carbocycles. The SMILES string of the molecule is OC[C@@H]1CC[C@@H](On2cnc3c(N4CCOCC4)ncnc32)O1. The van der Waals surface area contributed by atoms with Gasteiger partial charge in [-0.15, -0.1) is 4.73 Å². The predicted octanol–water partition coefficient (Wildman–Crippen LogP) is -0.411. The predicted molar refractivity (Wildman–Crippen MR) is 79.9 cm³/mol. The molecule has 4 rings (SSSR count). The second-order valence-electron chi connectivity index (χ2n) is 5.59. The summed E-state index contributed by atoms with van der Waals surface area (Å²) in [5.41, 5.74) is 1.31. The first-order valence-electron chi connectivity index (χ1n) is 7.79. The van der Waals surface area contributed by atoms with Gasteiger partial charge in [0.2, 0.25) is 11.9 Å². The lowest BCUT2D eigenvalue weighted by atomic mass is 10.2. The molecular formula is C14H19N5O4. The summed E-state index contributed by atoms with van der Waals surface area (Å²) in [6.45, 7) is 2.93. The molecule has 0 radical (unpaired) electrons. The van der Waals surface area contributed by atoms with Gasteiger partial charge >= 0.3 is 0 Å². The minimum Gasteiger partial charge on any atom is -0.394 e. The van der Waals surface area contributed by atoms with Gasteiger partial charge in [-0.25, -0.2) is 15.0 Å². The number of anilines is 1. The minimum absolute atomic E-state index is 0.00782. The van der Waals surface area contributed by atoms with Crippen molar-refractivity contribution in [2.45, 2.75) is 25.2 Å². The fraction of sp³-hybridized carbons (Fsp3) is 0.643. The Kier molecular flexibility index (Phi) is 3.98. The second-order valence-corrected chi connectivity index (χ2v) is 5.59.